The molecule has 0 aromatic carbocycles. The van der Waals surface area contributed by atoms with Crippen LogP contribution in [0.4, 0.5) is 5.82 Å². The third-order valence-electron chi connectivity index (χ3n) is 2.95. The maximum Gasteiger partial charge on any atom is 0.128 e. The van der Waals surface area contributed by atoms with Gasteiger partial charge in [-0.3, -0.25) is 0 Å². The van der Waals surface area contributed by atoms with Crippen LogP contribution in [0.5, 0.6) is 0 Å². The first kappa shape index (κ1) is 12.0. The molecule has 1 fully saturated rings. The summed E-state index contributed by atoms with van der Waals surface area (Å²) in [7, 11) is 2.09. The standard InChI is InChI=1S/C11H16ClN3S/c1-15(9-2-3-16-7-9)11-4-8(5-13)10(12)6-14-11/h4,6,9H,2-3,5,7,13H2,1H3. The normalized spacial score (nSPS) is 20.1. The van der Waals surface area contributed by atoms with E-state index in [1.165, 1.54) is 17.9 Å². The highest BCUT2D eigenvalue weighted by Gasteiger charge is 2.21. The van der Waals surface area contributed by atoms with Crippen molar-refractivity contribution in [1.29, 1.82) is 0 Å². The van der Waals surface area contributed by atoms with Crippen LogP contribution in [0.25, 0.3) is 0 Å². The van der Waals surface area contributed by atoms with Crippen LogP contribution in [0.3, 0.4) is 0 Å². The average Bonchev–Trinajstić information content (AvgIpc) is 2.82. The Bertz CT molecular complexity index is 366. The quantitative estimate of drug-likeness (QED) is 0.901. The number of hydrogen-bond donors (Lipinski definition) is 1. The monoisotopic (exact) mass is 257 g/mol. The molecule has 1 atom stereocenters. The SMILES string of the molecule is CN(c1cc(CN)c(Cl)cn1)C1CCSC1. The summed E-state index contributed by atoms with van der Waals surface area (Å²) in [5, 5.41) is 0.653. The van der Waals surface area contributed by atoms with Gasteiger partial charge in [0.05, 0.1) is 5.02 Å². The molecule has 1 aliphatic rings. The fourth-order valence-electron chi connectivity index (χ4n) is 1.83. The molecule has 0 bridgehead atoms. The van der Waals surface area contributed by atoms with E-state index in [2.05, 4.69) is 16.9 Å². The Balaban J connectivity index is 2.19. The number of hydrogen-bond acceptors (Lipinski definition) is 4. The molecule has 1 saturated heterocycles. The Morgan fingerprint density at radius 3 is 3.12 bits per heavy atom. The lowest BCUT2D eigenvalue weighted by Crippen LogP contribution is -2.32. The predicted molar refractivity (Wildman–Crippen MR) is 71.3 cm³/mol. The summed E-state index contributed by atoms with van der Waals surface area (Å²) >= 11 is 7.99. The van der Waals surface area contributed by atoms with Crippen molar-refractivity contribution in [2.75, 3.05) is 23.5 Å². The average molecular weight is 258 g/mol. The molecule has 1 unspecified atom stereocenters. The highest BCUT2D eigenvalue weighted by Crippen LogP contribution is 2.26. The minimum atomic E-state index is 0.460. The molecule has 16 heavy (non-hydrogen) atoms. The van der Waals surface area contributed by atoms with E-state index in [0.717, 1.165) is 11.4 Å². The minimum Gasteiger partial charge on any atom is -0.356 e. The third kappa shape index (κ3) is 2.44. The zero-order chi connectivity index (χ0) is 11.5. The fraction of sp³-hybridized carbons (Fsp3) is 0.545. The summed E-state index contributed by atoms with van der Waals surface area (Å²) in [6.45, 7) is 0.460. The lowest BCUT2D eigenvalue weighted by Gasteiger charge is -2.25. The van der Waals surface area contributed by atoms with E-state index in [4.69, 9.17) is 17.3 Å². The number of nitrogens with zero attached hydrogens (tertiary/aromatic N) is 2. The smallest absolute Gasteiger partial charge is 0.128 e. The van der Waals surface area contributed by atoms with Crippen molar-refractivity contribution in [3.05, 3.63) is 22.8 Å². The summed E-state index contributed by atoms with van der Waals surface area (Å²) in [4.78, 5) is 6.59. The second-order valence-electron chi connectivity index (χ2n) is 3.97. The molecule has 0 radical (unpaired) electrons. The van der Waals surface area contributed by atoms with E-state index in [-0.39, 0.29) is 0 Å². The molecule has 0 aliphatic carbocycles. The maximum atomic E-state index is 6.00. The topological polar surface area (TPSA) is 42.1 Å². The van der Waals surface area contributed by atoms with Crippen LogP contribution >= 0.6 is 23.4 Å². The molecule has 2 heterocycles. The van der Waals surface area contributed by atoms with Gasteiger partial charge in [-0.25, -0.2) is 4.98 Å². The Morgan fingerprint density at radius 1 is 1.69 bits per heavy atom. The number of halogens is 1. The second-order valence-corrected chi connectivity index (χ2v) is 5.52. The third-order valence-corrected chi connectivity index (χ3v) is 4.44. The number of anilines is 1. The van der Waals surface area contributed by atoms with E-state index in [0.29, 0.717) is 17.6 Å². The van der Waals surface area contributed by atoms with Crippen LogP contribution in [0.15, 0.2) is 12.3 Å². The van der Waals surface area contributed by atoms with Crippen LogP contribution in [-0.2, 0) is 6.54 Å². The first-order chi connectivity index (χ1) is 7.72. The van der Waals surface area contributed by atoms with E-state index in [1.807, 2.05) is 17.8 Å². The van der Waals surface area contributed by atoms with Crippen LogP contribution in [-0.4, -0.2) is 29.6 Å². The molecule has 1 aromatic heterocycles. The first-order valence-electron chi connectivity index (χ1n) is 5.37. The number of thioether (sulfide) groups is 1. The Kier molecular flexibility index (Phi) is 3.95. The summed E-state index contributed by atoms with van der Waals surface area (Å²) in [6, 6.07) is 2.58. The first-order valence-corrected chi connectivity index (χ1v) is 6.90. The second kappa shape index (κ2) is 5.25. The summed E-state index contributed by atoms with van der Waals surface area (Å²) < 4.78 is 0. The number of pyridine rings is 1. The van der Waals surface area contributed by atoms with Crippen molar-refractivity contribution in [2.45, 2.75) is 19.0 Å². The highest BCUT2D eigenvalue weighted by molar-refractivity contribution is 7.99. The summed E-state index contributed by atoms with van der Waals surface area (Å²) in [5.41, 5.74) is 6.60. The van der Waals surface area contributed by atoms with Crippen LogP contribution < -0.4 is 10.6 Å². The van der Waals surface area contributed by atoms with Gasteiger partial charge in [0.2, 0.25) is 0 Å². The zero-order valence-electron chi connectivity index (χ0n) is 9.32. The van der Waals surface area contributed by atoms with Gasteiger partial charge in [-0.05, 0) is 23.8 Å². The van der Waals surface area contributed by atoms with Crippen molar-refractivity contribution in [3.8, 4) is 0 Å². The fourth-order valence-corrected chi connectivity index (χ4v) is 3.28. The van der Waals surface area contributed by atoms with E-state index >= 15 is 0 Å². The van der Waals surface area contributed by atoms with E-state index in [9.17, 15) is 0 Å². The van der Waals surface area contributed by atoms with Gasteiger partial charge in [-0.15, -0.1) is 0 Å². The van der Waals surface area contributed by atoms with Gasteiger partial charge in [0.25, 0.3) is 0 Å². The molecule has 1 aliphatic heterocycles. The molecule has 2 N–H and O–H groups in total. The van der Waals surface area contributed by atoms with Gasteiger partial charge in [0.1, 0.15) is 5.82 Å². The summed E-state index contributed by atoms with van der Waals surface area (Å²) in [6.07, 6.45) is 2.92. The Hall–Kier alpha value is -0.450. The Morgan fingerprint density at radius 2 is 2.50 bits per heavy atom. The maximum absolute atomic E-state index is 6.00. The molecule has 5 heteroatoms. The Labute approximate surface area is 105 Å². The van der Waals surface area contributed by atoms with Gasteiger partial charge in [-0.1, -0.05) is 11.6 Å². The molecule has 0 spiro atoms. The molecule has 1 aromatic rings. The molecule has 0 amide bonds. The predicted octanol–water partition coefficient (Wildman–Crippen LogP) is 2.14. The molecule has 0 saturated carbocycles. The van der Waals surface area contributed by atoms with Crippen molar-refractivity contribution in [2.24, 2.45) is 5.73 Å². The van der Waals surface area contributed by atoms with Gasteiger partial charge >= 0.3 is 0 Å². The molecule has 2 rings (SSSR count). The van der Waals surface area contributed by atoms with Crippen LogP contribution in [0.2, 0.25) is 5.02 Å². The minimum absolute atomic E-state index is 0.460. The van der Waals surface area contributed by atoms with E-state index in [1.54, 1.807) is 6.20 Å². The number of nitrogens with two attached hydrogens (primary N) is 1. The van der Waals surface area contributed by atoms with Gasteiger partial charge in [0, 0.05) is 31.6 Å². The van der Waals surface area contributed by atoms with E-state index < -0.39 is 0 Å². The molecule has 3 nitrogen and oxygen atoms in total. The largest absolute Gasteiger partial charge is 0.356 e. The van der Waals surface area contributed by atoms with Gasteiger partial charge in [0.15, 0.2) is 0 Å². The molecular formula is C11H16ClN3S. The lowest BCUT2D eigenvalue weighted by atomic mass is 10.2. The molecular weight excluding hydrogens is 242 g/mol. The lowest BCUT2D eigenvalue weighted by molar-refractivity contribution is 0.691. The highest BCUT2D eigenvalue weighted by atomic mass is 35.5. The van der Waals surface area contributed by atoms with Crippen molar-refractivity contribution in [1.82, 2.24) is 4.98 Å². The van der Waals surface area contributed by atoms with Crippen molar-refractivity contribution >= 4 is 29.2 Å². The zero-order valence-corrected chi connectivity index (χ0v) is 10.9. The van der Waals surface area contributed by atoms with Crippen LogP contribution in [0, 0.1) is 0 Å². The van der Waals surface area contributed by atoms with Gasteiger partial charge < -0.3 is 10.6 Å². The van der Waals surface area contributed by atoms with Crippen LogP contribution in [0.1, 0.15) is 12.0 Å². The molecule has 88 valence electrons. The van der Waals surface area contributed by atoms with Crippen molar-refractivity contribution < 1.29 is 0 Å². The van der Waals surface area contributed by atoms with Gasteiger partial charge in [-0.2, -0.15) is 11.8 Å². The number of rotatable bonds is 3. The van der Waals surface area contributed by atoms with Crippen molar-refractivity contribution in [3.63, 3.8) is 0 Å². The number of aromatic nitrogens is 1. The summed E-state index contributed by atoms with van der Waals surface area (Å²) in [5.74, 6) is 3.39.